The number of fused-ring (bicyclic) bond motifs is 3. The molecule has 0 aliphatic carbocycles. The van der Waals surface area contributed by atoms with Gasteiger partial charge < -0.3 is 9.21 Å². The minimum absolute atomic E-state index is 0.232. The van der Waals surface area contributed by atoms with E-state index in [1.165, 1.54) is 22.4 Å². The molecule has 0 saturated carbocycles. The highest BCUT2D eigenvalue weighted by Gasteiger charge is 2.26. The van der Waals surface area contributed by atoms with E-state index in [0.29, 0.717) is 6.54 Å². The van der Waals surface area contributed by atoms with E-state index in [4.69, 9.17) is 0 Å². The molecule has 5 heteroatoms. The predicted molar refractivity (Wildman–Crippen MR) is 103 cm³/mol. The number of likely N-dealkylation sites (tertiary alicyclic amines) is 1. The molecular weight excluding hydrogens is 384 g/mol. The number of carbonyl (C=O) groups excluding carboxylic acids is 1. The average molecular weight is 403 g/mol. The lowest BCUT2D eigenvalue weighted by atomic mass is 10.0. The van der Waals surface area contributed by atoms with E-state index in [-0.39, 0.29) is 5.91 Å². The van der Waals surface area contributed by atoms with Crippen molar-refractivity contribution in [2.24, 2.45) is 0 Å². The van der Waals surface area contributed by atoms with Crippen molar-refractivity contribution in [1.29, 1.82) is 0 Å². The molecule has 1 amide bonds. The van der Waals surface area contributed by atoms with Crippen molar-refractivity contribution in [2.75, 3.05) is 23.9 Å². The summed E-state index contributed by atoms with van der Waals surface area (Å²) >= 11 is 5.24. The van der Waals surface area contributed by atoms with E-state index in [1.807, 2.05) is 11.0 Å². The van der Waals surface area contributed by atoms with Crippen LogP contribution in [0.3, 0.4) is 0 Å². The van der Waals surface area contributed by atoms with Gasteiger partial charge in [0, 0.05) is 28.0 Å². The summed E-state index contributed by atoms with van der Waals surface area (Å²) in [6.45, 7) is 2.23. The molecule has 2 aromatic carbocycles. The first-order valence-electron chi connectivity index (χ1n) is 8.34. The van der Waals surface area contributed by atoms with Crippen LogP contribution in [0.2, 0.25) is 0 Å². The Labute approximate surface area is 155 Å². The maximum Gasteiger partial charge on any atom is 0.243 e. The summed E-state index contributed by atoms with van der Waals surface area (Å²) in [6, 6.07) is 14.7. The molecule has 0 spiro atoms. The van der Waals surface area contributed by atoms with Crippen LogP contribution in [0.5, 0.6) is 0 Å². The largest absolute Gasteiger partial charge is 0.341 e. The van der Waals surface area contributed by atoms with Gasteiger partial charge in [-0.2, -0.15) is 0 Å². The van der Waals surface area contributed by atoms with Crippen LogP contribution in [-0.4, -0.2) is 30.4 Å². The lowest BCUT2D eigenvalue weighted by molar-refractivity contribution is -0.130. The Hall–Kier alpha value is -1.46. The molecule has 2 aliphatic rings. The Bertz CT molecular complexity index is 774. The first-order valence-corrected chi connectivity index (χ1v) is 9.91. The number of rotatable bonds is 2. The Kier molecular flexibility index (Phi) is 4.55. The summed E-state index contributed by atoms with van der Waals surface area (Å²) in [5.41, 5.74) is 3.54. The molecule has 2 heterocycles. The van der Waals surface area contributed by atoms with Gasteiger partial charge in [-0.05, 0) is 61.0 Å². The van der Waals surface area contributed by atoms with Gasteiger partial charge in [0.1, 0.15) is 6.54 Å². The Morgan fingerprint density at radius 3 is 2.67 bits per heavy atom. The standard InChI is InChI=1S/C19H19BrN2OS/c20-14-8-9-17-16(12-14)15-6-2-3-7-18(15)24-22(17)13-19(23)21-10-4-1-5-11-21/h2-3,6-9,12H,1,4-5,10-11,13H2. The second kappa shape index (κ2) is 6.81. The highest BCUT2D eigenvalue weighted by Crippen LogP contribution is 2.46. The Morgan fingerprint density at radius 1 is 1.04 bits per heavy atom. The smallest absolute Gasteiger partial charge is 0.243 e. The number of halogens is 1. The lowest BCUT2D eigenvalue weighted by Gasteiger charge is -2.34. The molecule has 0 bridgehead atoms. The molecule has 4 rings (SSSR count). The van der Waals surface area contributed by atoms with Gasteiger partial charge >= 0.3 is 0 Å². The van der Waals surface area contributed by atoms with Gasteiger partial charge in [-0.15, -0.1) is 0 Å². The van der Waals surface area contributed by atoms with Gasteiger partial charge in [0.05, 0.1) is 5.69 Å². The predicted octanol–water partition coefficient (Wildman–Crippen LogP) is 4.96. The van der Waals surface area contributed by atoms with Crippen LogP contribution in [0, 0.1) is 0 Å². The van der Waals surface area contributed by atoms with Gasteiger partial charge in [-0.3, -0.25) is 4.79 Å². The highest BCUT2D eigenvalue weighted by atomic mass is 79.9. The van der Waals surface area contributed by atoms with Crippen molar-refractivity contribution in [3.05, 3.63) is 46.9 Å². The molecule has 0 unspecified atom stereocenters. The van der Waals surface area contributed by atoms with E-state index < -0.39 is 0 Å². The van der Waals surface area contributed by atoms with Crippen LogP contribution in [0.15, 0.2) is 51.8 Å². The first kappa shape index (κ1) is 16.0. The normalized spacial score (nSPS) is 16.5. The lowest BCUT2D eigenvalue weighted by Crippen LogP contribution is -2.41. The van der Waals surface area contributed by atoms with E-state index in [9.17, 15) is 4.79 Å². The molecule has 0 aromatic heterocycles. The van der Waals surface area contributed by atoms with Gasteiger partial charge in [-0.25, -0.2) is 0 Å². The highest BCUT2D eigenvalue weighted by molar-refractivity contribution is 9.10. The van der Waals surface area contributed by atoms with Crippen molar-refractivity contribution in [3.8, 4) is 11.1 Å². The molecule has 24 heavy (non-hydrogen) atoms. The average Bonchev–Trinajstić information content (AvgIpc) is 2.62. The molecule has 3 nitrogen and oxygen atoms in total. The Morgan fingerprint density at radius 2 is 1.83 bits per heavy atom. The number of hydrogen-bond donors (Lipinski definition) is 0. The van der Waals surface area contributed by atoms with Gasteiger partial charge in [-0.1, -0.05) is 34.1 Å². The molecule has 0 radical (unpaired) electrons. The molecule has 1 fully saturated rings. The Balaban J connectivity index is 1.64. The van der Waals surface area contributed by atoms with Crippen LogP contribution in [-0.2, 0) is 4.79 Å². The minimum atomic E-state index is 0.232. The van der Waals surface area contributed by atoms with Crippen LogP contribution >= 0.6 is 27.9 Å². The molecule has 1 saturated heterocycles. The van der Waals surface area contributed by atoms with Crippen molar-refractivity contribution < 1.29 is 4.79 Å². The van der Waals surface area contributed by atoms with Crippen LogP contribution in [0.1, 0.15) is 19.3 Å². The summed E-state index contributed by atoms with van der Waals surface area (Å²) in [7, 11) is 0. The topological polar surface area (TPSA) is 23.6 Å². The summed E-state index contributed by atoms with van der Waals surface area (Å²) in [5, 5.41) is 0. The number of anilines is 1. The summed E-state index contributed by atoms with van der Waals surface area (Å²) < 4.78 is 3.20. The fraction of sp³-hybridized carbons (Fsp3) is 0.316. The van der Waals surface area contributed by atoms with Crippen LogP contribution < -0.4 is 4.31 Å². The third-order valence-corrected chi connectivity index (χ3v) is 6.19. The third kappa shape index (κ3) is 3.07. The molecule has 0 N–H and O–H groups in total. The molecular formula is C19H19BrN2OS. The number of hydrogen-bond acceptors (Lipinski definition) is 3. The number of benzene rings is 2. The summed E-state index contributed by atoms with van der Waals surface area (Å²) in [6.07, 6.45) is 3.50. The van der Waals surface area contributed by atoms with Crippen molar-refractivity contribution in [2.45, 2.75) is 24.2 Å². The number of piperidine rings is 1. The molecule has 2 aliphatic heterocycles. The first-order chi connectivity index (χ1) is 11.7. The zero-order valence-corrected chi connectivity index (χ0v) is 15.8. The minimum Gasteiger partial charge on any atom is -0.341 e. The maximum atomic E-state index is 12.7. The van der Waals surface area contributed by atoms with E-state index in [0.717, 1.165) is 36.1 Å². The number of carbonyl (C=O) groups is 1. The summed E-state index contributed by atoms with van der Waals surface area (Å²) in [4.78, 5) is 15.9. The molecule has 0 atom stereocenters. The fourth-order valence-corrected chi connectivity index (χ4v) is 4.81. The quantitative estimate of drug-likeness (QED) is 0.663. The number of amides is 1. The van der Waals surface area contributed by atoms with Gasteiger partial charge in [0.25, 0.3) is 0 Å². The van der Waals surface area contributed by atoms with Gasteiger partial charge in [0.2, 0.25) is 5.91 Å². The van der Waals surface area contributed by atoms with Crippen LogP contribution in [0.4, 0.5) is 5.69 Å². The van der Waals surface area contributed by atoms with E-state index in [2.05, 4.69) is 56.6 Å². The van der Waals surface area contributed by atoms with Crippen molar-refractivity contribution in [3.63, 3.8) is 0 Å². The second-order valence-electron chi connectivity index (χ2n) is 6.23. The second-order valence-corrected chi connectivity index (χ2v) is 8.21. The zero-order chi connectivity index (χ0) is 16.5. The summed E-state index contributed by atoms with van der Waals surface area (Å²) in [5.74, 6) is 0.232. The zero-order valence-electron chi connectivity index (χ0n) is 13.4. The van der Waals surface area contributed by atoms with Gasteiger partial charge in [0.15, 0.2) is 0 Å². The van der Waals surface area contributed by atoms with Crippen molar-refractivity contribution in [1.82, 2.24) is 4.90 Å². The number of nitrogens with zero attached hydrogens (tertiary/aromatic N) is 2. The van der Waals surface area contributed by atoms with Crippen LogP contribution in [0.25, 0.3) is 11.1 Å². The third-order valence-electron chi connectivity index (χ3n) is 4.60. The van der Waals surface area contributed by atoms with Crippen molar-refractivity contribution >= 4 is 39.5 Å². The molecule has 124 valence electrons. The monoisotopic (exact) mass is 402 g/mol. The maximum absolute atomic E-state index is 12.7. The molecule has 2 aromatic rings. The van der Waals surface area contributed by atoms with E-state index >= 15 is 0 Å². The fourth-order valence-electron chi connectivity index (χ4n) is 3.36. The van der Waals surface area contributed by atoms with E-state index in [1.54, 1.807) is 11.9 Å². The SMILES string of the molecule is O=C(CN1Sc2ccccc2-c2cc(Br)ccc21)N1CCCCC1.